The van der Waals surface area contributed by atoms with Crippen LogP contribution in [0.1, 0.15) is 57.2 Å². The summed E-state index contributed by atoms with van der Waals surface area (Å²) in [5, 5.41) is 11.2. The van der Waals surface area contributed by atoms with Crippen molar-refractivity contribution in [3.8, 4) is 0 Å². The maximum atomic E-state index is 11.2. The molecule has 1 N–H and O–H groups in total. The van der Waals surface area contributed by atoms with Crippen molar-refractivity contribution in [2.24, 2.45) is 11.8 Å². The molecule has 2 heterocycles. The standard InChI is InChI=1S/C19H29NO/c1-4-19(21)12-18-17-8-6-5-7-15(17)9-10-20(18)13-16(19)11-14(2)3/h5-8,14,16,18,21H,4,9-13H2,1-3H3/t16-,18-,19+/m0/s1. The molecule has 1 aromatic rings. The Kier molecular flexibility index (Phi) is 4.11. The van der Waals surface area contributed by atoms with E-state index in [1.807, 2.05) is 0 Å². The highest BCUT2D eigenvalue weighted by molar-refractivity contribution is 5.33. The summed E-state index contributed by atoms with van der Waals surface area (Å²) >= 11 is 0. The first-order valence-corrected chi connectivity index (χ1v) is 8.57. The van der Waals surface area contributed by atoms with Crippen molar-refractivity contribution in [3.63, 3.8) is 0 Å². The third kappa shape index (κ3) is 2.76. The van der Waals surface area contributed by atoms with Gasteiger partial charge in [-0.15, -0.1) is 0 Å². The smallest absolute Gasteiger partial charge is 0.0703 e. The molecule has 2 nitrogen and oxygen atoms in total. The van der Waals surface area contributed by atoms with Crippen molar-refractivity contribution in [1.29, 1.82) is 0 Å². The van der Waals surface area contributed by atoms with Crippen molar-refractivity contribution < 1.29 is 5.11 Å². The molecule has 3 atom stereocenters. The van der Waals surface area contributed by atoms with Gasteiger partial charge in [0.2, 0.25) is 0 Å². The second-order valence-electron chi connectivity index (χ2n) is 7.45. The lowest BCUT2D eigenvalue weighted by atomic mass is 9.70. The fourth-order valence-corrected chi connectivity index (χ4v) is 4.41. The molecule has 0 radical (unpaired) electrons. The zero-order chi connectivity index (χ0) is 15.0. The van der Waals surface area contributed by atoms with Gasteiger partial charge < -0.3 is 5.11 Å². The first-order valence-electron chi connectivity index (χ1n) is 8.57. The van der Waals surface area contributed by atoms with Crippen LogP contribution >= 0.6 is 0 Å². The van der Waals surface area contributed by atoms with Gasteiger partial charge in [-0.25, -0.2) is 0 Å². The molecule has 21 heavy (non-hydrogen) atoms. The van der Waals surface area contributed by atoms with Crippen LogP contribution in [0.2, 0.25) is 0 Å². The molecule has 0 aromatic heterocycles. The van der Waals surface area contributed by atoms with Gasteiger partial charge in [-0.05, 0) is 42.7 Å². The van der Waals surface area contributed by atoms with Crippen LogP contribution in [0.4, 0.5) is 0 Å². The molecular weight excluding hydrogens is 258 g/mol. The summed E-state index contributed by atoms with van der Waals surface area (Å²) < 4.78 is 0. The van der Waals surface area contributed by atoms with E-state index in [-0.39, 0.29) is 0 Å². The quantitative estimate of drug-likeness (QED) is 0.914. The summed E-state index contributed by atoms with van der Waals surface area (Å²) in [7, 11) is 0. The van der Waals surface area contributed by atoms with E-state index in [0.717, 1.165) is 38.8 Å². The third-order valence-electron chi connectivity index (χ3n) is 5.65. The van der Waals surface area contributed by atoms with Crippen LogP contribution in [-0.2, 0) is 6.42 Å². The molecule has 0 amide bonds. The van der Waals surface area contributed by atoms with Gasteiger partial charge in [0, 0.05) is 25.0 Å². The summed E-state index contributed by atoms with van der Waals surface area (Å²) in [6, 6.07) is 9.24. The van der Waals surface area contributed by atoms with Gasteiger partial charge in [-0.2, -0.15) is 0 Å². The Morgan fingerprint density at radius 3 is 2.81 bits per heavy atom. The average molecular weight is 287 g/mol. The summed E-state index contributed by atoms with van der Waals surface area (Å²) in [5.41, 5.74) is 2.45. The van der Waals surface area contributed by atoms with Crippen LogP contribution in [0.25, 0.3) is 0 Å². The Labute approximate surface area is 129 Å². The number of hydrogen-bond acceptors (Lipinski definition) is 2. The number of piperidine rings is 1. The van der Waals surface area contributed by atoms with Gasteiger partial charge in [-0.1, -0.05) is 45.0 Å². The predicted molar refractivity (Wildman–Crippen MR) is 87.3 cm³/mol. The molecule has 1 aromatic carbocycles. The van der Waals surface area contributed by atoms with Crippen LogP contribution in [0.3, 0.4) is 0 Å². The lowest BCUT2D eigenvalue weighted by molar-refractivity contribution is -0.105. The van der Waals surface area contributed by atoms with E-state index in [0.29, 0.717) is 17.9 Å². The lowest BCUT2D eigenvalue weighted by Gasteiger charge is -2.51. The minimum Gasteiger partial charge on any atom is -0.389 e. The first-order chi connectivity index (χ1) is 10.0. The molecule has 0 spiro atoms. The summed E-state index contributed by atoms with van der Waals surface area (Å²) in [4.78, 5) is 2.62. The predicted octanol–water partition coefficient (Wildman–Crippen LogP) is 3.79. The number of rotatable bonds is 3. The molecule has 1 fully saturated rings. The average Bonchev–Trinajstić information content (AvgIpc) is 2.48. The van der Waals surface area contributed by atoms with Crippen LogP contribution in [0, 0.1) is 11.8 Å². The fraction of sp³-hybridized carbons (Fsp3) is 0.684. The van der Waals surface area contributed by atoms with Gasteiger partial charge in [0.25, 0.3) is 0 Å². The highest BCUT2D eigenvalue weighted by Crippen LogP contribution is 2.45. The monoisotopic (exact) mass is 287 g/mol. The first kappa shape index (κ1) is 15.1. The van der Waals surface area contributed by atoms with Crippen molar-refractivity contribution in [3.05, 3.63) is 35.4 Å². The molecule has 0 unspecified atom stereocenters. The summed E-state index contributed by atoms with van der Waals surface area (Å²) in [6.07, 6.45) is 4.07. The molecule has 116 valence electrons. The maximum Gasteiger partial charge on any atom is 0.0703 e. The minimum atomic E-state index is -0.490. The summed E-state index contributed by atoms with van der Waals surface area (Å²) in [5.74, 6) is 1.07. The number of hydrogen-bond donors (Lipinski definition) is 1. The second-order valence-corrected chi connectivity index (χ2v) is 7.45. The number of fused-ring (bicyclic) bond motifs is 3. The Bertz CT molecular complexity index is 498. The lowest BCUT2D eigenvalue weighted by Crippen LogP contribution is -2.54. The zero-order valence-corrected chi connectivity index (χ0v) is 13.7. The largest absolute Gasteiger partial charge is 0.389 e. The molecule has 0 bridgehead atoms. The highest BCUT2D eigenvalue weighted by atomic mass is 16.3. The SMILES string of the molecule is CC[C@@]1(O)C[C@H]2c3ccccc3CCN2C[C@@H]1CC(C)C. The molecule has 0 aliphatic carbocycles. The van der Waals surface area contributed by atoms with Crippen molar-refractivity contribution in [2.75, 3.05) is 13.1 Å². The molecule has 2 heteroatoms. The number of nitrogens with zero attached hydrogens (tertiary/aromatic N) is 1. The van der Waals surface area contributed by atoms with Crippen molar-refractivity contribution in [1.82, 2.24) is 4.90 Å². The van der Waals surface area contributed by atoms with Gasteiger partial charge in [0.1, 0.15) is 0 Å². The van der Waals surface area contributed by atoms with Gasteiger partial charge in [-0.3, -0.25) is 4.90 Å². The second kappa shape index (κ2) is 5.73. The summed E-state index contributed by atoms with van der Waals surface area (Å²) in [6.45, 7) is 8.90. The van der Waals surface area contributed by atoms with Gasteiger partial charge in [0.05, 0.1) is 5.60 Å². The molecule has 0 saturated carbocycles. The van der Waals surface area contributed by atoms with E-state index in [1.54, 1.807) is 0 Å². The maximum absolute atomic E-state index is 11.2. The molecule has 2 aliphatic heterocycles. The van der Waals surface area contributed by atoms with Crippen LogP contribution in [0.15, 0.2) is 24.3 Å². The fourth-order valence-electron chi connectivity index (χ4n) is 4.41. The molecule has 2 aliphatic rings. The Balaban J connectivity index is 1.89. The van der Waals surface area contributed by atoms with Crippen LogP contribution in [0.5, 0.6) is 0 Å². The van der Waals surface area contributed by atoms with E-state index < -0.39 is 5.60 Å². The van der Waals surface area contributed by atoms with Crippen molar-refractivity contribution >= 4 is 0 Å². The number of benzene rings is 1. The highest BCUT2D eigenvalue weighted by Gasteiger charge is 2.46. The normalized spacial score (nSPS) is 32.8. The van der Waals surface area contributed by atoms with Gasteiger partial charge >= 0.3 is 0 Å². The van der Waals surface area contributed by atoms with E-state index >= 15 is 0 Å². The molecule has 3 rings (SSSR count). The van der Waals surface area contributed by atoms with E-state index in [9.17, 15) is 5.11 Å². The Morgan fingerprint density at radius 1 is 1.33 bits per heavy atom. The number of aliphatic hydroxyl groups is 1. The van der Waals surface area contributed by atoms with Crippen LogP contribution in [-0.4, -0.2) is 28.7 Å². The topological polar surface area (TPSA) is 23.5 Å². The molecular formula is C19H29NO. The van der Waals surface area contributed by atoms with Gasteiger partial charge in [0.15, 0.2) is 0 Å². The zero-order valence-electron chi connectivity index (χ0n) is 13.7. The van der Waals surface area contributed by atoms with E-state index in [2.05, 4.69) is 49.9 Å². The van der Waals surface area contributed by atoms with E-state index in [1.165, 1.54) is 11.1 Å². The Hall–Kier alpha value is -0.860. The Morgan fingerprint density at radius 2 is 2.10 bits per heavy atom. The van der Waals surface area contributed by atoms with Crippen molar-refractivity contribution in [2.45, 2.75) is 58.1 Å². The molecule has 1 saturated heterocycles. The van der Waals surface area contributed by atoms with E-state index in [4.69, 9.17) is 0 Å². The van der Waals surface area contributed by atoms with Crippen LogP contribution < -0.4 is 0 Å². The minimum absolute atomic E-state index is 0.420. The third-order valence-corrected chi connectivity index (χ3v) is 5.65.